The molecule has 5 N–H and O–H groups in total. The Bertz CT molecular complexity index is 468. The Kier molecular flexibility index (Phi) is 4.21. The number of sulfonamides is 1. The number of carbonyl (C=O) groups excluding carboxylic acids is 1. The molecule has 0 saturated carbocycles. The molecule has 1 heterocycles. The Morgan fingerprint density at radius 2 is 2.25 bits per heavy atom. The van der Waals surface area contributed by atoms with Crippen LogP contribution in [-0.2, 0) is 10.0 Å². The smallest absolute Gasteiger partial charge is 0.270 e. The topological polar surface area (TPSA) is 128 Å². The average molecular weight is 264 g/mol. The van der Waals surface area contributed by atoms with E-state index in [0.717, 1.165) is 0 Å². The van der Waals surface area contributed by atoms with Gasteiger partial charge in [-0.3, -0.25) is 4.79 Å². The van der Waals surface area contributed by atoms with E-state index in [2.05, 4.69) is 10.3 Å². The highest BCUT2D eigenvalue weighted by Gasteiger charge is 2.09. The van der Waals surface area contributed by atoms with Gasteiger partial charge >= 0.3 is 0 Å². The predicted molar refractivity (Wildman–Crippen MR) is 61.5 cm³/mol. The second-order valence-electron chi connectivity index (χ2n) is 3.05. The summed E-state index contributed by atoms with van der Waals surface area (Å²) in [6.07, 6.45) is 0.268. The van der Waals surface area contributed by atoms with Gasteiger partial charge in [-0.2, -0.15) is 0 Å². The van der Waals surface area contributed by atoms with Gasteiger partial charge in [0.15, 0.2) is 5.13 Å². The van der Waals surface area contributed by atoms with Crippen molar-refractivity contribution < 1.29 is 13.2 Å². The van der Waals surface area contributed by atoms with Gasteiger partial charge in [-0.15, -0.1) is 11.3 Å². The van der Waals surface area contributed by atoms with Crippen molar-refractivity contribution in [2.45, 2.75) is 6.42 Å². The molecule has 1 aromatic heterocycles. The number of nitrogens with one attached hydrogen (secondary N) is 1. The highest BCUT2D eigenvalue weighted by atomic mass is 32.2. The molecule has 0 saturated heterocycles. The standard InChI is InChI=1S/C7H12N4O3S2/c8-7-11-5(4-15-7)6(12)10-2-1-3-16(9,13)14/h4H,1-3H2,(H2,8,11)(H,10,12)(H2,9,13,14). The third-order valence-electron chi connectivity index (χ3n) is 1.65. The van der Waals surface area contributed by atoms with Crippen molar-refractivity contribution in [3.05, 3.63) is 11.1 Å². The van der Waals surface area contributed by atoms with Crippen LogP contribution in [0.15, 0.2) is 5.38 Å². The summed E-state index contributed by atoms with van der Waals surface area (Å²) in [5.41, 5.74) is 5.59. The third kappa shape index (κ3) is 4.55. The molecule has 0 spiro atoms. The number of hydrogen-bond acceptors (Lipinski definition) is 6. The zero-order valence-corrected chi connectivity index (χ0v) is 9.97. The highest BCUT2D eigenvalue weighted by molar-refractivity contribution is 7.89. The third-order valence-corrected chi connectivity index (χ3v) is 3.18. The van der Waals surface area contributed by atoms with Crippen molar-refractivity contribution in [3.63, 3.8) is 0 Å². The van der Waals surface area contributed by atoms with Gasteiger partial charge in [0.2, 0.25) is 10.0 Å². The van der Waals surface area contributed by atoms with E-state index in [1.807, 2.05) is 0 Å². The summed E-state index contributed by atoms with van der Waals surface area (Å²) >= 11 is 1.17. The molecule has 1 amide bonds. The number of anilines is 1. The van der Waals surface area contributed by atoms with E-state index < -0.39 is 10.0 Å². The molecule has 0 atom stereocenters. The number of nitrogens with two attached hydrogens (primary N) is 2. The lowest BCUT2D eigenvalue weighted by atomic mass is 10.4. The molecule has 7 nitrogen and oxygen atoms in total. The predicted octanol–water partition coefficient (Wildman–Crippen LogP) is -0.866. The number of primary sulfonamides is 1. The van der Waals surface area contributed by atoms with E-state index in [9.17, 15) is 13.2 Å². The van der Waals surface area contributed by atoms with Gasteiger partial charge in [0.05, 0.1) is 5.75 Å². The SMILES string of the molecule is Nc1nc(C(=O)NCCCS(N)(=O)=O)cs1. The van der Waals surface area contributed by atoms with Crippen molar-refractivity contribution in [1.82, 2.24) is 10.3 Å². The van der Waals surface area contributed by atoms with E-state index in [1.165, 1.54) is 16.7 Å². The van der Waals surface area contributed by atoms with Gasteiger partial charge in [0.1, 0.15) is 5.69 Å². The summed E-state index contributed by atoms with van der Waals surface area (Å²) in [4.78, 5) is 15.2. The van der Waals surface area contributed by atoms with E-state index in [0.29, 0.717) is 5.13 Å². The van der Waals surface area contributed by atoms with E-state index >= 15 is 0 Å². The van der Waals surface area contributed by atoms with Crippen molar-refractivity contribution in [2.75, 3.05) is 18.0 Å². The second-order valence-corrected chi connectivity index (χ2v) is 5.67. The minimum Gasteiger partial charge on any atom is -0.375 e. The van der Waals surface area contributed by atoms with Gasteiger partial charge in [-0.05, 0) is 6.42 Å². The van der Waals surface area contributed by atoms with Gasteiger partial charge in [-0.25, -0.2) is 18.5 Å². The largest absolute Gasteiger partial charge is 0.375 e. The summed E-state index contributed by atoms with van der Waals surface area (Å²) in [6, 6.07) is 0. The lowest BCUT2D eigenvalue weighted by Gasteiger charge is -2.01. The van der Waals surface area contributed by atoms with Gasteiger partial charge in [-0.1, -0.05) is 0 Å². The minimum atomic E-state index is -3.47. The maximum atomic E-state index is 11.4. The molecule has 0 aromatic carbocycles. The highest BCUT2D eigenvalue weighted by Crippen LogP contribution is 2.10. The summed E-state index contributed by atoms with van der Waals surface area (Å²) in [5.74, 6) is -0.533. The van der Waals surface area contributed by atoms with E-state index in [1.54, 1.807) is 0 Å². The molecule has 0 radical (unpaired) electrons. The van der Waals surface area contributed by atoms with Crippen LogP contribution in [0.1, 0.15) is 16.9 Å². The molecule has 1 aromatic rings. The first-order valence-corrected chi connectivity index (χ1v) is 6.97. The Morgan fingerprint density at radius 1 is 1.56 bits per heavy atom. The second kappa shape index (κ2) is 5.23. The molecule has 0 fully saturated rings. The summed E-state index contributed by atoms with van der Waals surface area (Å²) in [7, 11) is -3.47. The number of carbonyl (C=O) groups is 1. The molecule has 0 unspecified atom stereocenters. The molecule has 0 bridgehead atoms. The first kappa shape index (κ1) is 12.9. The van der Waals surface area contributed by atoms with Crippen LogP contribution < -0.4 is 16.2 Å². The first-order chi connectivity index (χ1) is 7.38. The number of nitrogen functional groups attached to an aromatic ring is 1. The fourth-order valence-electron chi connectivity index (χ4n) is 0.958. The molecule has 90 valence electrons. The molecular formula is C7H12N4O3S2. The summed E-state index contributed by atoms with van der Waals surface area (Å²) in [6.45, 7) is 0.229. The number of hydrogen-bond donors (Lipinski definition) is 3. The zero-order chi connectivity index (χ0) is 12.2. The Labute approximate surface area is 96.9 Å². The van der Waals surface area contributed by atoms with Crippen LogP contribution >= 0.6 is 11.3 Å². The number of nitrogens with zero attached hydrogens (tertiary/aromatic N) is 1. The number of thiazole rings is 1. The molecule has 0 aliphatic heterocycles. The fourth-order valence-corrected chi connectivity index (χ4v) is 2.05. The van der Waals surface area contributed by atoms with Crippen LogP contribution in [0.25, 0.3) is 0 Å². The lowest BCUT2D eigenvalue weighted by molar-refractivity contribution is 0.0949. The Morgan fingerprint density at radius 3 is 2.75 bits per heavy atom. The quantitative estimate of drug-likeness (QED) is 0.596. The molecule has 0 aliphatic carbocycles. The average Bonchev–Trinajstić information content (AvgIpc) is 2.57. The molecule has 9 heteroatoms. The summed E-state index contributed by atoms with van der Waals surface area (Å²) < 4.78 is 21.2. The molecule has 16 heavy (non-hydrogen) atoms. The molecular weight excluding hydrogens is 252 g/mol. The molecule has 1 rings (SSSR count). The van der Waals surface area contributed by atoms with Gasteiger partial charge in [0.25, 0.3) is 5.91 Å². The first-order valence-electron chi connectivity index (χ1n) is 4.38. The van der Waals surface area contributed by atoms with Crippen LogP contribution in [0.5, 0.6) is 0 Å². The fraction of sp³-hybridized carbons (Fsp3) is 0.429. The summed E-state index contributed by atoms with van der Waals surface area (Å²) in [5, 5.41) is 9.16. The number of amides is 1. The van der Waals surface area contributed by atoms with Crippen molar-refractivity contribution in [3.8, 4) is 0 Å². The molecule has 0 aliphatic rings. The maximum absolute atomic E-state index is 11.4. The van der Waals surface area contributed by atoms with E-state index in [4.69, 9.17) is 10.9 Å². The lowest BCUT2D eigenvalue weighted by Crippen LogP contribution is -2.27. The van der Waals surface area contributed by atoms with Crippen molar-refractivity contribution in [1.29, 1.82) is 0 Å². The van der Waals surface area contributed by atoms with Gasteiger partial charge < -0.3 is 11.1 Å². The van der Waals surface area contributed by atoms with Crippen LogP contribution in [0, 0.1) is 0 Å². The van der Waals surface area contributed by atoms with Crippen molar-refractivity contribution >= 4 is 32.4 Å². The maximum Gasteiger partial charge on any atom is 0.270 e. The monoisotopic (exact) mass is 264 g/mol. The zero-order valence-electron chi connectivity index (χ0n) is 8.34. The minimum absolute atomic E-state index is 0.160. The Balaban J connectivity index is 2.31. The van der Waals surface area contributed by atoms with Crippen LogP contribution in [0.2, 0.25) is 0 Å². The van der Waals surface area contributed by atoms with Gasteiger partial charge in [0, 0.05) is 11.9 Å². The van der Waals surface area contributed by atoms with Crippen LogP contribution in [0.3, 0.4) is 0 Å². The normalized spacial score (nSPS) is 11.3. The number of aromatic nitrogens is 1. The van der Waals surface area contributed by atoms with E-state index in [-0.39, 0.29) is 30.3 Å². The Hall–Kier alpha value is -1.19. The van der Waals surface area contributed by atoms with Crippen molar-refractivity contribution in [2.24, 2.45) is 5.14 Å². The van der Waals surface area contributed by atoms with Crippen LogP contribution in [0.4, 0.5) is 5.13 Å². The number of rotatable bonds is 5. The van der Waals surface area contributed by atoms with Crippen LogP contribution in [-0.4, -0.2) is 31.6 Å².